The predicted molar refractivity (Wildman–Crippen MR) is 151 cm³/mol. The monoisotopic (exact) mass is 518 g/mol. The molecule has 194 valence electrons. The number of carbonyl (C=O) groups excluding carboxylic acids is 1. The van der Waals surface area contributed by atoms with Crippen molar-refractivity contribution in [2.45, 2.75) is 26.2 Å². The molecule has 0 spiro atoms. The van der Waals surface area contributed by atoms with Gasteiger partial charge in [0.05, 0.1) is 13.7 Å². The van der Waals surface area contributed by atoms with Gasteiger partial charge in [0.2, 0.25) is 0 Å². The number of amides is 1. The Bertz CT molecular complexity index is 1190. The van der Waals surface area contributed by atoms with Crippen molar-refractivity contribution in [1.29, 1.82) is 0 Å². The fourth-order valence-electron chi connectivity index (χ4n) is 4.54. The molecule has 1 aliphatic heterocycles. The van der Waals surface area contributed by atoms with Crippen molar-refractivity contribution in [2.24, 2.45) is 5.92 Å². The summed E-state index contributed by atoms with van der Waals surface area (Å²) in [6.07, 6.45) is 3.36. The van der Waals surface area contributed by atoms with Crippen molar-refractivity contribution >= 4 is 28.8 Å². The van der Waals surface area contributed by atoms with Crippen molar-refractivity contribution in [3.8, 4) is 17.2 Å². The first-order valence-corrected chi connectivity index (χ1v) is 13.1. The van der Waals surface area contributed by atoms with E-state index in [2.05, 4.69) is 40.5 Å². The molecule has 0 unspecified atom stereocenters. The van der Waals surface area contributed by atoms with Crippen LogP contribution < -0.4 is 19.5 Å². The van der Waals surface area contributed by atoms with Gasteiger partial charge in [-0.3, -0.25) is 4.79 Å². The number of hydrogen-bond donors (Lipinski definition) is 1. The number of ether oxygens (including phenoxy) is 3. The van der Waals surface area contributed by atoms with E-state index in [0.29, 0.717) is 35.5 Å². The van der Waals surface area contributed by atoms with Gasteiger partial charge in [0.25, 0.3) is 5.91 Å². The number of rotatable bonds is 10. The van der Waals surface area contributed by atoms with Crippen LogP contribution in [-0.4, -0.2) is 49.2 Å². The molecule has 1 saturated heterocycles. The van der Waals surface area contributed by atoms with E-state index in [1.807, 2.05) is 37.3 Å². The molecule has 7 heteroatoms. The number of likely N-dealkylation sites (tertiary alicyclic amines) is 1. The van der Waals surface area contributed by atoms with Crippen molar-refractivity contribution < 1.29 is 19.0 Å². The van der Waals surface area contributed by atoms with Crippen LogP contribution in [-0.2, 0) is 11.2 Å². The van der Waals surface area contributed by atoms with Crippen molar-refractivity contribution in [3.05, 3.63) is 83.9 Å². The van der Waals surface area contributed by atoms with E-state index in [-0.39, 0.29) is 12.5 Å². The molecule has 37 heavy (non-hydrogen) atoms. The molecule has 1 fully saturated rings. The summed E-state index contributed by atoms with van der Waals surface area (Å²) in [5.74, 6) is 2.17. The summed E-state index contributed by atoms with van der Waals surface area (Å²) in [6.45, 7) is 4.15. The van der Waals surface area contributed by atoms with Crippen molar-refractivity contribution in [3.63, 3.8) is 0 Å². The standard InChI is InChI=1S/C30H34N2O4S/c1-3-35-28-19-24(30(37)32-16-14-23(15-17-32)18-22-8-5-4-6-9-22)12-13-27(28)36-21-29(33)31-25-10-7-11-26(20-25)34-2/h4-13,19-20,23H,3,14-18,21H2,1-2H3,(H,31,33). The number of nitrogens with one attached hydrogen (secondary N) is 1. The third kappa shape index (κ3) is 7.46. The maximum atomic E-state index is 12.4. The Balaban J connectivity index is 1.33. The van der Waals surface area contributed by atoms with Gasteiger partial charge in [-0.15, -0.1) is 0 Å². The highest BCUT2D eigenvalue weighted by Gasteiger charge is 2.22. The maximum Gasteiger partial charge on any atom is 0.262 e. The van der Waals surface area contributed by atoms with Gasteiger partial charge in [-0.25, -0.2) is 0 Å². The second kappa shape index (κ2) is 13.1. The molecule has 0 aliphatic carbocycles. The van der Waals surface area contributed by atoms with E-state index >= 15 is 0 Å². The number of thiocarbonyl (C=S) groups is 1. The zero-order valence-electron chi connectivity index (χ0n) is 21.4. The Morgan fingerprint density at radius 1 is 0.973 bits per heavy atom. The van der Waals surface area contributed by atoms with Crippen LogP contribution in [0.3, 0.4) is 0 Å². The first-order chi connectivity index (χ1) is 18.1. The topological polar surface area (TPSA) is 60.0 Å². The zero-order valence-corrected chi connectivity index (χ0v) is 22.3. The lowest BCUT2D eigenvalue weighted by Gasteiger charge is -2.34. The van der Waals surface area contributed by atoms with Gasteiger partial charge < -0.3 is 24.4 Å². The third-order valence-corrected chi connectivity index (χ3v) is 6.97. The minimum absolute atomic E-state index is 0.143. The highest BCUT2D eigenvalue weighted by Crippen LogP contribution is 2.30. The highest BCUT2D eigenvalue weighted by atomic mass is 32.1. The molecule has 4 rings (SSSR count). The molecular weight excluding hydrogens is 484 g/mol. The van der Waals surface area contributed by atoms with E-state index in [9.17, 15) is 4.79 Å². The molecule has 0 radical (unpaired) electrons. The summed E-state index contributed by atoms with van der Waals surface area (Å²) >= 11 is 5.85. The average molecular weight is 519 g/mol. The summed E-state index contributed by atoms with van der Waals surface area (Å²) in [6, 6.07) is 23.6. The Kier molecular flexibility index (Phi) is 9.38. The van der Waals surface area contributed by atoms with Gasteiger partial charge in [0.15, 0.2) is 18.1 Å². The molecule has 0 aromatic heterocycles. The van der Waals surface area contributed by atoms with Crippen LogP contribution in [0.15, 0.2) is 72.8 Å². The Hall–Kier alpha value is -3.58. The van der Waals surface area contributed by atoms with Crippen LogP contribution in [0.5, 0.6) is 17.2 Å². The smallest absolute Gasteiger partial charge is 0.262 e. The molecule has 0 atom stereocenters. The Morgan fingerprint density at radius 3 is 2.49 bits per heavy atom. The van der Waals surface area contributed by atoms with E-state index < -0.39 is 0 Å². The minimum Gasteiger partial charge on any atom is -0.497 e. The molecule has 3 aromatic carbocycles. The Labute approximate surface area is 224 Å². The fraction of sp³-hybridized carbons (Fsp3) is 0.333. The van der Waals surface area contributed by atoms with Crippen LogP contribution >= 0.6 is 12.2 Å². The van der Waals surface area contributed by atoms with Crippen molar-refractivity contribution in [2.75, 3.05) is 38.7 Å². The fourth-order valence-corrected chi connectivity index (χ4v) is 4.85. The normalized spacial score (nSPS) is 13.6. The zero-order chi connectivity index (χ0) is 26.0. The number of anilines is 1. The predicted octanol–water partition coefficient (Wildman–Crippen LogP) is 5.74. The summed E-state index contributed by atoms with van der Waals surface area (Å²) in [4.78, 5) is 15.5. The number of nitrogens with zero attached hydrogens (tertiary/aromatic N) is 1. The van der Waals surface area contributed by atoms with Crippen LogP contribution in [0, 0.1) is 5.92 Å². The van der Waals surface area contributed by atoms with E-state index in [1.165, 1.54) is 5.56 Å². The first-order valence-electron chi connectivity index (χ1n) is 12.7. The summed E-state index contributed by atoms with van der Waals surface area (Å²) in [7, 11) is 1.59. The SMILES string of the molecule is CCOc1cc(C(=S)N2CCC(Cc3ccccc3)CC2)ccc1OCC(=O)Nc1cccc(OC)c1. The first kappa shape index (κ1) is 26.5. The third-order valence-electron chi connectivity index (χ3n) is 6.47. The number of methoxy groups -OCH3 is 1. The second-order valence-corrected chi connectivity index (χ2v) is 9.48. The Morgan fingerprint density at radius 2 is 1.76 bits per heavy atom. The summed E-state index contributed by atoms with van der Waals surface area (Å²) < 4.78 is 16.8. The highest BCUT2D eigenvalue weighted by molar-refractivity contribution is 7.80. The number of carbonyl (C=O) groups is 1. The lowest BCUT2D eigenvalue weighted by Crippen LogP contribution is -2.38. The van der Waals surface area contributed by atoms with Gasteiger partial charge in [-0.2, -0.15) is 0 Å². The summed E-state index contributed by atoms with van der Waals surface area (Å²) in [5, 5.41) is 2.82. The minimum atomic E-state index is -0.270. The van der Waals surface area contributed by atoms with Gasteiger partial charge in [-0.1, -0.05) is 48.6 Å². The molecule has 6 nitrogen and oxygen atoms in total. The van der Waals surface area contributed by atoms with Crippen LogP contribution in [0.25, 0.3) is 0 Å². The second-order valence-electron chi connectivity index (χ2n) is 9.09. The van der Waals surface area contributed by atoms with Crippen molar-refractivity contribution in [1.82, 2.24) is 4.90 Å². The number of hydrogen-bond acceptors (Lipinski definition) is 5. The largest absolute Gasteiger partial charge is 0.497 e. The molecule has 1 amide bonds. The molecule has 0 bridgehead atoms. The van der Waals surface area contributed by atoms with E-state index in [4.69, 9.17) is 26.4 Å². The van der Waals surface area contributed by atoms with Gasteiger partial charge in [0, 0.05) is 30.4 Å². The van der Waals surface area contributed by atoms with Gasteiger partial charge >= 0.3 is 0 Å². The lowest BCUT2D eigenvalue weighted by atomic mass is 9.90. The van der Waals surface area contributed by atoms with E-state index in [0.717, 1.165) is 42.9 Å². The summed E-state index contributed by atoms with van der Waals surface area (Å²) in [5.41, 5.74) is 2.97. The van der Waals surface area contributed by atoms with Crippen LogP contribution in [0.2, 0.25) is 0 Å². The number of benzene rings is 3. The lowest BCUT2D eigenvalue weighted by molar-refractivity contribution is -0.118. The van der Waals surface area contributed by atoms with Gasteiger partial charge in [-0.05, 0) is 68.0 Å². The molecular formula is C30H34N2O4S. The van der Waals surface area contributed by atoms with Crippen LogP contribution in [0.1, 0.15) is 30.9 Å². The van der Waals surface area contributed by atoms with E-state index in [1.54, 1.807) is 19.2 Å². The quantitative estimate of drug-likeness (QED) is 0.345. The molecule has 3 aromatic rings. The maximum absolute atomic E-state index is 12.4. The van der Waals surface area contributed by atoms with Crippen LogP contribution in [0.4, 0.5) is 5.69 Å². The molecule has 1 aliphatic rings. The molecule has 1 heterocycles. The molecule has 1 N–H and O–H groups in total. The number of piperidine rings is 1. The molecule has 0 saturated carbocycles. The van der Waals surface area contributed by atoms with Gasteiger partial charge in [0.1, 0.15) is 10.7 Å². The average Bonchev–Trinajstić information content (AvgIpc) is 2.93.